The second-order valence-corrected chi connectivity index (χ2v) is 5.77. The number of nitrogens with one attached hydrogen (secondary N) is 1. The van der Waals surface area contributed by atoms with Crippen LogP contribution in [0.2, 0.25) is 0 Å². The number of methoxy groups -OCH3 is 1. The van der Waals surface area contributed by atoms with E-state index in [1.807, 2.05) is 45.0 Å². The van der Waals surface area contributed by atoms with Gasteiger partial charge in [0.1, 0.15) is 11.8 Å². The van der Waals surface area contributed by atoms with Crippen LogP contribution in [-0.4, -0.2) is 51.2 Å². The molecule has 1 amide bonds. The molecule has 0 fully saturated rings. The summed E-state index contributed by atoms with van der Waals surface area (Å²) in [5.41, 5.74) is 2.29. The summed E-state index contributed by atoms with van der Waals surface area (Å²) in [6.45, 7) is 7.09. The van der Waals surface area contributed by atoms with Gasteiger partial charge in [0.25, 0.3) is 5.91 Å². The molecule has 1 aromatic heterocycles. The van der Waals surface area contributed by atoms with Crippen LogP contribution in [0.3, 0.4) is 0 Å². The maximum atomic E-state index is 13.2. The second-order valence-electron chi connectivity index (χ2n) is 5.77. The Morgan fingerprint density at radius 3 is 2.80 bits per heavy atom. The number of tetrazole rings is 1. The van der Waals surface area contributed by atoms with Gasteiger partial charge in [0.2, 0.25) is 5.95 Å². The highest BCUT2D eigenvalue weighted by Gasteiger charge is 2.35. The summed E-state index contributed by atoms with van der Waals surface area (Å²) in [6.07, 6.45) is 0. The Morgan fingerprint density at radius 1 is 1.36 bits per heavy atom. The van der Waals surface area contributed by atoms with Crippen molar-refractivity contribution in [3.8, 4) is 5.75 Å². The fourth-order valence-corrected chi connectivity index (χ4v) is 3.09. The van der Waals surface area contributed by atoms with Gasteiger partial charge >= 0.3 is 0 Å². The first kappa shape index (κ1) is 16.9. The van der Waals surface area contributed by atoms with Crippen molar-refractivity contribution in [1.29, 1.82) is 0 Å². The van der Waals surface area contributed by atoms with Crippen LogP contribution in [0.5, 0.6) is 5.75 Å². The van der Waals surface area contributed by atoms with E-state index in [1.165, 1.54) is 0 Å². The molecule has 1 aliphatic heterocycles. The van der Waals surface area contributed by atoms with Crippen LogP contribution < -0.4 is 10.1 Å². The lowest BCUT2D eigenvalue weighted by Gasteiger charge is -2.31. The van der Waals surface area contributed by atoms with Crippen LogP contribution in [0.25, 0.3) is 0 Å². The lowest BCUT2D eigenvalue weighted by Crippen LogP contribution is -2.38. The predicted molar refractivity (Wildman–Crippen MR) is 93.2 cm³/mol. The van der Waals surface area contributed by atoms with Crippen LogP contribution in [0, 0.1) is 0 Å². The molecule has 1 aliphatic rings. The topological polar surface area (TPSA) is 85.2 Å². The average molecular weight is 342 g/mol. The van der Waals surface area contributed by atoms with Gasteiger partial charge in [0.15, 0.2) is 0 Å². The molecular formula is C17H22N6O2. The lowest BCUT2D eigenvalue weighted by atomic mass is 9.94. The smallest absolute Gasteiger partial charge is 0.254 e. The molecule has 25 heavy (non-hydrogen) atoms. The zero-order valence-electron chi connectivity index (χ0n) is 14.9. The Hall–Kier alpha value is -2.90. The first-order valence-corrected chi connectivity index (χ1v) is 8.29. The lowest BCUT2D eigenvalue weighted by molar-refractivity contribution is -0.127. The maximum Gasteiger partial charge on any atom is 0.254 e. The number of carbonyl (C=O) groups excluding carboxylic acids is 1. The Balaban J connectivity index is 2.14. The SMILES string of the molecule is CCN(CC)C(=O)C1=C(C)Nc2nnnn2C1c1cccc(OC)c1. The molecule has 2 heterocycles. The summed E-state index contributed by atoms with van der Waals surface area (Å²) in [7, 11) is 1.62. The van der Waals surface area contributed by atoms with Crippen LogP contribution in [-0.2, 0) is 4.79 Å². The van der Waals surface area contributed by atoms with E-state index in [9.17, 15) is 4.79 Å². The van der Waals surface area contributed by atoms with E-state index in [4.69, 9.17) is 4.74 Å². The summed E-state index contributed by atoms with van der Waals surface area (Å²) >= 11 is 0. The highest BCUT2D eigenvalue weighted by molar-refractivity contribution is 5.96. The Morgan fingerprint density at radius 2 is 2.12 bits per heavy atom. The molecule has 8 nitrogen and oxygen atoms in total. The number of likely N-dealkylation sites (N-methyl/N-ethyl adjacent to an activating group) is 1. The largest absolute Gasteiger partial charge is 0.497 e. The molecule has 8 heteroatoms. The zero-order chi connectivity index (χ0) is 18.0. The minimum Gasteiger partial charge on any atom is -0.497 e. The van der Waals surface area contributed by atoms with Crippen LogP contribution in [0.1, 0.15) is 32.4 Å². The minimum atomic E-state index is -0.408. The number of fused-ring (bicyclic) bond motifs is 1. The third-order valence-corrected chi connectivity index (χ3v) is 4.40. The second kappa shape index (κ2) is 6.92. The number of nitrogens with zero attached hydrogens (tertiary/aromatic N) is 5. The summed E-state index contributed by atoms with van der Waals surface area (Å²) in [4.78, 5) is 15.0. The van der Waals surface area contributed by atoms with Crippen molar-refractivity contribution >= 4 is 11.9 Å². The number of hydrogen-bond acceptors (Lipinski definition) is 6. The molecule has 132 valence electrons. The molecule has 0 spiro atoms. The Bertz CT molecular complexity index is 809. The van der Waals surface area contributed by atoms with Gasteiger partial charge in [0, 0.05) is 18.8 Å². The number of anilines is 1. The van der Waals surface area contributed by atoms with Crippen molar-refractivity contribution < 1.29 is 9.53 Å². The first-order valence-electron chi connectivity index (χ1n) is 8.29. The molecule has 1 unspecified atom stereocenters. The third kappa shape index (κ3) is 2.95. The molecule has 0 radical (unpaired) electrons. The predicted octanol–water partition coefficient (Wildman–Crippen LogP) is 1.84. The maximum absolute atomic E-state index is 13.2. The molecule has 0 aliphatic carbocycles. The molecule has 1 atom stereocenters. The van der Waals surface area contributed by atoms with E-state index in [-0.39, 0.29) is 5.91 Å². The molecule has 3 rings (SSSR count). The summed E-state index contributed by atoms with van der Waals surface area (Å²) in [5.74, 6) is 1.21. The standard InChI is InChI=1S/C17H22N6O2/c1-5-22(6-2)16(24)14-11(3)18-17-19-20-21-23(17)15(14)12-8-7-9-13(10-12)25-4/h7-10,15H,5-6H2,1-4H3,(H,18,19,21). The van der Waals surface area contributed by atoms with Gasteiger partial charge in [-0.2, -0.15) is 4.68 Å². The van der Waals surface area contributed by atoms with Gasteiger partial charge in [-0.05, 0) is 48.9 Å². The molecule has 1 N–H and O–H groups in total. The fourth-order valence-electron chi connectivity index (χ4n) is 3.09. The van der Waals surface area contributed by atoms with Crippen molar-refractivity contribution in [3.63, 3.8) is 0 Å². The van der Waals surface area contributed by atoms with Gasteiger partial charge < -0.3 is 15.0 Å². The van der Waals surface area contributed by atoms with Gasteiger partial charge in [0.05, 0.1) is 12.7 Å². The number of allylic oxidation sites excluding steroid dienone is 1. The van der Waals surface area contributed by atoms with Gasteiger partial charge in [-0.3, -0.25) is 4.79 Å². The summed E-state index contributed by atoms with van der Waals surface area (Å²) in [5, 5.41) is 15.0. The number of benzene rings is 1. The monoisotopic (exact) mass is 342 g/mol. The number of ether oxygens (including phenoxy) is 1. The van der Waals surface area contributed by atoms with E-state index in [0.717, 1.165) is 17.0 Å². The molecular weight excluding hydrogens is 320 g/mol. The van der Waals surface area contributed by atoms with Crippen molar-refractivity contribution in [1.82, 2.24) is 25.1 Å². The van der Waals surface area contributed by atoms with Gasteiger partial charge in [-0.1, -0.05) is 17.2 Å². The minimum absolute atomic E-state index is 0.0241. The number of hydrogen-bond donors (Lipinski definition) is 1. The van der Waals surface area contributed by atoms with Crippen molar-refractivity contribution in [2.45, 2.75) is 26.8 Å². The average Bonchev–Trinajstić information content (AvgIpc) is 3.09. The van der Waals surface area contributed by atoms with E-state index < -0.39 is 6.04 Å². The molecule has 0 saturated carbocycles. The number of carbonyl (C=O) groups is 1. The molecule has 0 bridgehead atoms. The Labute approximate surface area is 146 Å². The first-order chi connectivity index (χ1) is 12.1. The van der Waals surface area contributed by atoms with Crippen LogP contribution >= 0.6 is 0 Å². The number of rotatable bonds is 5. The third-order valence-electron chi connectivity index (χ3n) is 4.40. The zero-order valence-corrected chi connectivity index (χ0v) is 14.9. The summed E-state index contributed by atoms with van der Waals surface area (Å²) in [6, 6.07) is 7.22. The van der Waals surface area contributed by atoms with Crippen LogP contribution in [0.4, 0.5) is 5.95 Å². The van der Waals surface area contributed by atoms with Crippen LogP contribution in [0.15, 0.2) is 35.5 Å². The molecule has 1 aromatic carbocycles. The van der Waals surface area contributed by atoms with Gasteiger partial charge in [-0.15, -0.1) is 0 Å². The van der Waals surface area contributed by atoms with Gasteiger partial charge in [-0.25, -0.2) is 0 Å². The highest BCUT2D eigenvalue weighted by Crippen LogP contribution is 2.36. The Kier molecular flexibility index (Phi) is 4.69. The number of aromatic nitrogens is 4. The van der Waals surface area contributed by atoms with E-state index in [2.05, 4.69) is 20.8 Å². The quantitative estimate of drug-likeness (QED) is 0.892. The van der Waals surface area contributed by atoms with E-state index >= 15 is 0 Å². The van der Waals surface area contributed by atoms with Crippen molar-refractivity contribution in [3.05, 3.63) is 41.1 Å². The summed E-state index contributed by atoms with van der Waals surface area (Å²) < 4.78 is 6.98. The normalized spacial score (nSPS) is 16.2. The molecule has 2 aromatic rings. The van der Waals surface area contributed by atoms with Crippen molar-refractivity contribution in [2.75, 3.05) is 25.5 Å². The molecule has 0 saturated heterocycles. The highest BCUT2D eigenvalue weighted by atomic mass is 16.5. The van der Waals surface area contributed by atoms with E-state index in [0.29, 0.717) is 24.6 Å². The fraction of sp³-hybridized carbons (Fsp3) is 0.412. The van der Waals surface area contributed by atoms with E-state index in [1.54, 1.807) is 16.7 Å². The number of amides is 1. The van der Waals surface area contributed by atoms with Crippen molar-refractivity contribution in [2.24, 2.45) is 0 Å².